The first kappa shape index (κ1) is 24.9. The Labute approximate surface area is 219 Å². The summed E-state index contributed by atoms with van der Waals surface area (Å²) in [6, 6.07) is 20.3. The highest BCUT2D eigenvalue weighted by Gasteiger charge is 2.29. The summed E-state index contributed by atoms with van der Waals surface area (Å²) in [5, 5.41) is 5.87. The zero-order valence-electron chi connectivity index (χ0n) is 22.1. The highest BCUT2D eigenvalue weighted by atomic mass is 16.2. The highest BCUT2D eigenvalue weighted by molar-refractivity contribution is 5.91. The van der Waals surface area contributed by atoms with E-state index in [1.54, 1.807) is 0 Å². The van der Waals surface area contributed by atoms with Crippen molar-refractivity contribution in [2.45, 2.75) is 52.4 Å². The van der Waals surface area contributed by atoms with Crippen LogP contribution in [-0.2, 0) is 11.2 Å². The minimum absolute atomic E-state index is 0.0921. The second-order valence-electron chi connectivity index (χ2n) is 9.78. The van der Waals surface area contributed by atoms with Crippen molar-refractivity contribution >= 4 is 22.8 Å². The van der Waals surface area contributed by atoms with Crippen molar-refractivity contribution < 1.29 is 4.79 Å². The number of para-hydroxylation sites is 1. The molecule has 1 aliphatic heterocycles. The van der Waals surface area contributed by atoms with Gasteiger partial charge in [0.2, 0.25) is 5.91 Å². The number of fused-ring (bicyclic) bond motifs is 1. The summed E-state index contributed by atoms with van der Waals surface area (Å²) in [6.45, 7) is 9.17. The lowest BCUT2D eigenvalue weighted by atomic mass is 9.95. The average molecular weight is 497 g/mol. The van der Waals surface area contributed by atoms with E-state index >= 15 is 0 Å². The van der Waals surface area contributed by atoms with Crippen LogP contribution in [0.2, 0.25) is 0 Å². The molecule has 1 saturated heterocycles. The molecule has 3 heterocycles. The molecule has 0 radical (unpaired) electrons. The van der Waals surface area contributed by atoms with Crippen molar-refractivity contribution in [1.29, 1.82) is 0 Å². The zero-order valence-corrected chi connectivity index (χ0v) is 22.1. The number of unbranched alkanes of at least 4 members (excludes halogenated alkanes) is 1. The molecule has 1 atom stereocenters. The number of carbonyl (C=O) groups is 1. The largest absolute Gasteiger partial charge is 0.352 e. The van der Waals surface area contributed by atoms with Gasteiger partial charge in [0.15, 0.2) is 5.65 Å². The Morgan fingerprint density at radius 2 is 1.59 bits per heavy atom. The van der Waals surface area contributed by atoms with Gasteiger partial charge in [-0.25, -0.2) is 14.6 Å². The minimum Gasteiger partial charge on any atom is -0.352 e. The molecule has 5 rings (SSSR count). The summed E-state index contributed by atoms with van der Waals surface area (Å²) in [5.41, 5.74) is 3.87. The van der Waals surface area contributed by atoms with Crippen molar-refractivity contribution in [2.24, 2.45) is 0 Å². The first-order valence-corrected chi connectivity index (χ1v) is 13.5. The van der Waals surface area contributed by atoms with Gasteiger partial charge in [0.1, 0.15) is 11.6 Å². The summed E-state index contributed by atoms with van der Waals surface area (Å²) in [6.07, 6.45) is 3.78. The summed E-state index contributed by atoms with van der Waals surface area (Å²) in [5.74, 6) is 1.93. The van der Waals surface area contributed by atoms with Crippen LogP contribution in [0.15, 0.2) is 60.7 Å². The number of anilines is 1. The Morgan fingerprint density at radius 3 is 2.24 bits per heavy atom. The van der Waals surface area contributed by atoms with Crippen LogP contribution in [0.3, 0.4) is 0 Å². The van der Waals surface area contributed by atoms with E-state index in [2.05, 4.69) is 43.0 Å². The molecule has 0 saturated carbocycles. The molecule has 0 spiro atoms. The quantitative estimate of drug-likeness (QED) is 0.331. The molecule has 37 heavy (non-hydrogen) atoms. The third kappa shape index (κ3) is 5.08. The molecule has 0 bridgehead atoms. The smallest absolute Gasteiger partial charge is 0.230 e. The van der Waals surface area contributed by atoms with Crippen molar-refractivity contribution in [2.75, 3.05) is 31.1 Å². The van der Waals surface area contributed by atoms with E-state index < -0.39 is 0 Å². The predicted octanol–water partition coefficient (Wildman–Crippen LogP) is 5.31. The Kier molecular flexibility index (Phi) is 7.49. The van der Waals surface area contributed by atoms with Gasteiger partial charge in [-0.05, 0) is 37.5 Å². The molecule has 4 aromatic rings. The number of piperazine rings is 1. The van der Waals surface area contributed by atoms with Crippen molar-refractivity contribution in [1.82, 2.24) is 24.6 Å². The van der Waals surface area contributed by atoms with Crippen LogP contribution in [0.1, 0.15) is 56.1 Å². The fraction of sp³-hybridized carbons (Fsp3) is 0.400. The van der Waals surface area contributed by atoms with Crippen LogP contribution in [0.5, 0.6) is 0 Å². The molecular formula is C30H36N6O. The summed E-state index contributed by atoms with van der Waals surface area (Å²) < 4.78 is 1.94. The van der Waals surface area contributed by atoms with E-state index in [0.717, 1.165) is 78.4 Å². The lowest BCUT2D eigenvalue weighted by Crippen LogP contribution is -2.50. The Bertz CT molecular complexity index is 1340. The van der Waals surface area contributed by atoms with Crippen LogP contribution in [0, 0.1) is 6.92 Å². The summed E-state index contributed by atoms with van der Waals surface area (Å²) >= 11 is 0. The van der Waals surface area contributed by atoms with E-state index in [0.29, 0.717) is 13.1 Å². The van der Waals surface area contributed by atoms with E-state index in [-0.39, 0.29) is 11.8 Å². The van der Waals surface area contributed by atoms with Crippen LogP contribution in [-0.4, -0.2) is 56.7 Å². The Hall–Kier alpha value is -3.74. The van der Waals surface area contributed by atoms with Gasteiger partial charge in [-0.2, -0.15) is 5.10 Å². The molecule has 1 amide bonds. The van der Waals surface area contributed by atoms with E-state index in [1.165, 1.54) is 0 Å². The maximum Gasteiger partial charge on any atom is 0.230 e. The van der Waals surface area contributed by atoms with Gasteiger partial charge in [-0.15, -0.1) is 0 Å². The van der Waals surface area contributed by atoms with Gasteiger partial charge in [-0.3, -0.25) is 4.79 Å². The maximum atomic E-state index is 13.4. The Morgan fingerprint density at radius 1 is 0.919 bits per heavy atom. The van der Waals surface area contributed by atoms with Crippen LogP contribution < -0.4 is 4.90 Å². The molecule has 1 unspecified atom stereocenters. The molecule has 192 valence electrons. The lowest BCUT2D eigenvalue weighted by molar-refractivity contribution is -0.133. The molecular weight excluding hydrogens is 460 g/mol. The van der Waals surface area contributed by atoms with E-state index in [1.807, 2.05) is 52.9 Å². The molecule has 7 heteroatoms. The number of aromatic nitrogens is 4. The van der Waals surface area contributed by atoms with Gasteiger partial charge in [0, 0.05) is 32.6 Å². The predicted molar refractivity (Wildman–Crippen MR) is 148 cm³/mol. The topological polar surface area (TPSA) is 67.2 Å². The number of hydrogen-bond acceptors (Lipinski definition) is 5. The van der Waals surface area contributed by atoms with Crippen molar-refractivity contribution in [3.05, 3.63) is 77.7 Å². The zero-order chi connectivity index (χ0) is 25.8. The van der Waals surface area contributed by atoms with Gasteiger partial charge in [0.05, 0.1) is 22.7 Å². The number of amides is 1. The summed E-state index contributed by atoms with van der Waals surface area (Å²) in [7, 11) is 0. The molecule has 2 aromatic carbocycles. The first-order chi connectivity index (χ1) is 18.1. The monoisotopic (exact) mass is 496 g/mol. The number of aryl methyl sites for hydroxylation is 2. The summed E-state index contributed by atoms with van der Waals surface area (Å²) in [4.78, 5) is 27.8. The van der Waals surface area contributed by atoms with Crippen molar-refractivity contribution in [3.63, 3.8) is 0 Å². The first-order valence-electron chi connectivity index (χ1n) is 13.5. The molecule has 0 N–H and O–H groups in total. The standard InChI is InChI=1S/C30H36N6O/c1-4-6-17-26-31-28(27-22(3)33-36(29(27)32-26)24-15-11-8-12-16-24)34-18-20-35(21-19-34)30(37)25(5-2)23-13-9-7-10-14-23/h7-16,25H,4-6,17-21H2,1-3H3. The number of benzene rings is 2. The highest BCUT2D eigenvalue weighted by Crippen LogP contribution is 2.31. The molecule has 7 nitrogen and oxygen atoms in total. The number of carbonyl (C=O) groups excluding carboxylic acids is 1. The number of nitrogens with zero attached hydrogens (tertiary/aromatic N) is 6. The Balaban J connectivity index is 1.43. The maximum absolute atomic E-state index is 13.4. The third-order valence-electron chi connectivity index (χ3n) is 7.28. The van der Waals surface area contributed by atoms with Gasteiger partial charge < -0.3 is 9.80 Å². The number of rotatable bonds is 8. The lowest BCUT2D eigenvalue weighted by Gasteiger charge is -2.37. The van der Waals surface area contributed by atoms with Crippen LogP contribution in [0.25, 0.3) is 16.7 Å². The SMILES string of the molecule is CCCCc1nc(N2CCN(C(=O)C(CC)c3ccccc3)CC2)c2c(C)nn(-c3ccccc3)c2n1. The fourth-order valence-electron chi connectivity index (χ4n) is 5.23. The fourth-order valence-corrected chi connectivity index (χ4v) is 5.23. The van der Waals surface area contributed by atoms with E-state index in [9.17, 15) is 4.79 Å². The molecule has 1 aliphatic rings. The van der Waals surface area contributed by atoms with Crippen molar-refractivity contribution in [3.8, 4) is 5.69 Å². The second kappa shape index (κ2) is 11.1. The van der Waals surface area contributed by atoms with Gasteiger partial charge >= 0.3 is 0 Å². The normalized spacial score (nSPS) is 14.8. The molecule has 1 fully saturated rings. The third-order valence-corrected chi connectivity index (χ3v) is 7.28. The van der Waals surface area contributed by atoms with Gasteiger partial charge in [0.25, 0.3) is 0 Å². The number of hydrogen-bond donors (Lipinski definition) is 0. The average Bonchev–Trinajstić information content (AvgIpc) is 3.29. The molecule has 0 aliphatic carbocycles. The molecule has 2 aromatic heterocycles. The van der Waals surface area contributed by atoms with Crippen LogP contribution >= 0.6 is 0 Å². The van der Waals surface area contributed by atoms with Gasteiger partial charge in [-0.1, -0.05) is 68.8 Å². The van der Waals surface area contributed by atoms with Crippen LogP contribution in [0.4, 0.5) is 5.82 Å². The van der Waals surface area contributed by atoms with E-state index in [4.69, 9.17) is 15.1 Å². The minimum atomic E-state index is -0.0921. The second-order valence-corrected chi connectivity index (χ2v) is 9.78.